The maximum atomic E-state index is 3.58. The van der Waals surface area contributed by atoms with E-state index in [2.05, 4.69) is 75.5 Å². The van der Waals surface area contributed by atoms with Gasteiger partial charge in [0.1, 0.15) is 0 Å². The summed E-state index contributed by atoms with van der Waals surface area (Å²) in [4.78, 5) is 2.39. The predicted octanol–water partition coefficient (Wildman–Crippen LogP) is 3.97. The second-order valence-electron chi connectivity index (χ2n) is 7.00. The Kier molecular flexibility index (Phi) is 7.78. The third-order valence-corrected chi connectivity index (χ3v) is 4.21. The Morgan fingerprint density at radius 1 is 1.19 bits per heavy atom. The molecule has 0 saturated heterocycles. The molecule has 2 nitrogen and oxygen atoms in total. The zero-order valence-corrected chi connectivity index (χ0v) is 15.4. The van der Waals surface area contributed by atoms with Crippen LogP contribution in [0.5, 0.6) is 0 Å². The second-order valence-corrected chi connectivity index (χ2v) is 7.99. The van der Waals surface area contributed by atoms with Crippen molar-refractivity contribution in [3.8, 4) is 0 Å². The molecule has 0 heterocycles. The summed E-state index contributed by atoms with van der Waals surface area (Å²) in [5, 5.41) is 3.58. The second kappa shape index (κ2) is 8.82. The predicted molar refractivity (Wildman–Crippen MR) is 97.3 cm³/mol. The molecule has 1 N–H and O–H groups in total. The van der Waals surface area contributed by atoms with Gasteiger partial charge in [-0.3, -0.25) is 0 Å². The summed E-state index contributed by atoms with van der Waals surface area (Å²) in [5.74, 6) is 1.75. The average molecular weight is 309 g/mol. The summed E-state index contributed by atoms with van der Waals surface area (Å²) >= 11 is 1.91. The minimum atomic E-state index is 0.189. The largest absolute Gasteiger partial charge is 0.311 e. The van der Waals surface area contributed by atoms with E-state index in [4.69, 9.17) is 0 Å². The van der Waals surface area contributed by atoms with Gasteiger partial charge in [-0.25, -0.2) is 0 Å². The number of benzene rings is 1. The lowest BCUT2D eigenvalue weighted by molar-refractivity contribution is 0.348. The number of nitrogens with zero attached hydrogens (tertiary/aromatic N) is 1. The first-order chi connectivity index (χ1) is 9.81. The Labute approximate surface area is 135 Å². The molecule has 0 radical (unpaired) electrons. The van der Waals surface area contributed by atoms with Crippen LogP contribution in [-0.2, 0) is 6.54 Å². The van der Waals surface area contributed by atoms with E-state index in [1.54, 1.807) is 0 Å². The smallest absolute Gasteiger partial charge is 0.0231 e. The van der Waals surface area contributed by atoms with Crippen LogP contribution in [0.15, 0.2) is 24.3 Å². The van der Waals surface area contributed by atoms with Crippen LogP contribution in [-0.4, -0.2) is 42.6 Å². The number of nitrogens with one attached hydrogen (secondary N) is 1. The molecule has 0 aliphatic carbocycles. The Morgan fingerprint density at radius 2 is 1.81 bits per heavy atom. The third-order valence-electron chi connectivity index (χ3n) is 3.62. The van der Waals surface area contributed by atoms with Crippen LogP contribution >= 0.6 is 11.8 Å². The molecule has 1 atom stereocenters. The fourth-order valence-corrected chi connectivity index (χ4v) is 2.66. The van der Waals surface area contributed by atoms with Crippen molar-refractivity contribution in [1.82, 2.24) is 10.2 Å². The molecule has 0 bridgehead atoms. The van der Waals surface area contributed by atoms with Crippen LogP contribution in [0, 0.1) is 0 Å². The first-order valence-corrected chi connectivity index (χ1v) is 9.22. The van der Waals surface area contributed by atoms with Gasteiger partial charge in [0.05, 0.1) is 0 Å². The van der Waals surface area contributed by atoms with E-state index in [0.717, 1.165) is 19.6 Å². The fourth-order valence-electron chi connectivity index (χ4n) is 2.17. The highest BCUT2D eigenvalue weighted by atomic mass is 32.2. The first kappa shape index (κ1) is 18.5. The summed E-state index contributed by atoms with van der Waals surface area (Å²) in [7, 11) is 2.19. The molecule has 0 aliphatic rings. The van der Waals surface area contributed by atoms with Crippen molar-refractivity contribution in [2.24, 2.45) is 0 Å². The minimum absolute atomic E-state index is 0.189. The summed E-state index contributed by atoms with van der Waals surface area (Å²) in [6.45, 7) is 12.1. The SMILES string of the molecule is CSCCN(C)Cc1ccc(C(C)CNC(C)(C)C)cc1. The quantitative estimate of drug-likeness (QED) is 0.782. The van der Waals surface area contributed by atoms with Crippen LogP contribution in [0.1, 0.15) is 44.7 Å². The molecule has 3 heteroatoms. The molecule has 0 spiro atoms. The molecule has 1 aromatic rings. The molecule has 1 rings (SSSR count). The summed E-state index contributed by atoms with van der Waals surface area (Å²) in [5.41, 5.74) is 3.01. The molecule has 0 aliphatic heterocycles. The topological polar surface area (TPSA) is 15.3 Å². The van der Waals surface area contributed by atoms with Crippen molar-refractivity contribution in [1.29, 1.82) is 0 Å². The van der Waals surface area contributed by atoms with Crippen LogP contribution < -0.4 is 5.32 Å². The van der Waals surface area contributed by atoms with Crippen LogP contribution in [0.3, 0.4) is 0 Å². The number of rotatable bonds is 8. The number of hydrogen-bond acceptors (Lipinski definition) is 3. The highest BCUT2D eigenvalue weighted by molar-refractivity contribution is 7.98. The zero-order valence-electron chi connectivity index (χ0n) is 14.6. The Balaban J connectivity index is 2.49. The van der Waals surface area contributed by atoms with Crippen molar-refractivity contribution in [2.45, 2.75) is 45.7 Å². The molecule has 0 amide bonds. The Bertz CT molecular complexity index is 395. The third kappa shape index (κ3) is 7.89. The molecule has 0 aromatic heterocycles. The standard InChI is InChI=1S/C18H32N2S/c1-15(13-19-18(2,3)4)17-9-7-16(8-10-17)14-20(5)11-12-21-6/h7-10,15,19H,11-14H2,1-6H3. The summed E-state index contributed by atoms with van der Waals surface area (Å²) in [6.07, 6.45) is 2.16. The van der Waals surface area contributed by atoms with Crippen molar-refractivity contribution in [2.75, 3.05) is 32.1 Å². The monoisotopic (exact) mass is 308 g/mol. The summed E-state index contributed by atoms with van der Waals surface area (Å²) in [6, 6.07) is 9.12. The van der Waals surface area contributed by atoms with Gasteiger partial charge < -0.3 is 10.2 Å². The van der Waals surface area contributed by atoms with Crippen LogP contribution in [0.2, 0.25) is 0 Å². The Hall–Kier alpha value is -0.510. The molecule has 21 heavy (non-hydrogen) atoms. The van der Waals surface area contributed by atoms with E-state index in [1.807, 2.05) is 11.8 Å². The van der Waals surface area contributed by atoms with Gasteiger partial charge in [-0.2, -0.15) is 11.8 Å². The maximum Gasteiger partial charge on any atom is 0.0231 e. The van der Waals surface area contributed by atoms with Gasteiger partial charge in [0.15, 0.2) is 0 Å². The van der Waals surface area contributed by atoms with Gasteiger partial charge in [-0.15, -0.1) is 0 Å². The zero-order chi connectivity index (χ0) is 15.9. The highest BCUT2D eigenvalue weighted by Crippen LogP contribution is 2.17. The highest BCUT2D eigenvalue weighted by Gasteiger charge is 2.12. The van der Waals surface area contributed by atoms with Gasteiger partial charge >= 0.3 is 0 Å². The normalized spacial score (nSPS) is 13.7. The molecule has 1 unspecified atom stereocenters. The van der Waals surface area contributed by atoms with Gasteiger partial charge in [-0.1, -0.05) is 31.2 Å². The van der Waals surface area contributed by atoms with E-state index in [0.29, 0.717) is 5.92 Å². The lowest BCUT2D eigenvalue weighted by atomic mass is 9.98. The Morgan fingerprint density at radius 3 is 2.33 bits per heavy atom. The molecule has 0 fully saturated rings. The molecular formula is C18H32N2S. The fraction of sp³-hybridized carbons (Fsp3) is 0.667. The number of hydrogen-bond donors (Lipinski definition) is 1. The van der Waals surface area contributed by atoms with E-state index >= 15 is 0 Å². The van der Waals surface area contributed by atoms with Crippen LogP contribution in [0.25, 0.3) is 0 Å². The molecule has 0 saturated carbocycles. The van der Waals surface area contributed by atoms with Gasteiger partial charge in [0.25, 0.3) is 0 Å². The van der Waals surface area contributed by atoms with Gasteiger partial charge in [-0.05, 0) is 51.1 Å². The van der Waals surface area contributed by atoms with Gasteiger partial charge in [0, 0.05) is 30.9 Å². The van der Waals surface area contributed by atoms with Crippen LogP contribution in [0.4, 0.5) is 0 Å². The summed E-state index contributed by atoms with van der Waals surface area (Å²) < 4.78 is 0. The van der Waals surface area contributed by atoms with E-state index < -0.39 is 0 Å². The van der Waals surface area contributed by atoms with E-state index in [1.165, 1.54) is 16.9 Å². The van der Waals surface area contributed by atoms with Crippen molar-refractivity contribution < 1.29 is 0 Å². The van der Waals surface area contributed by atoms with Crippen molar-refractivity contribution >= 4 is 11.8 Å². The molecular weight excluding hydrogens is 276 g/mol. The lowest BCUT2D eigenvalue weighted by Gasteiger charge is -2.24. The van der Waals surface area contributed by atoms with E-state index in [-0.39, 0.29) is 5.54 Å². The average Bonchev–Trinajstić information content (AvgIpc) is 2.42. The number of thioether (sulfide) groups is 1. The maximum absolute atomic E-state index is 3.58. The van der Waals surface area contributed by atoms with E-state index in [9.17, 15) is 0 Å². The molecule has 120 valence electrons. The van der Waals surface area contributed by atoms with Crippen molar-refractivity contribution in [3.05, 3.63) is 35.4 Å². The van der Waals surface area contributed by atoms with Gasteiger partial charge in [0.2, 0.25) is 0 Å². The first-order valence-electron chi connectivity index (χ1n) is 7.83. The molecule has 1 aromatic carbocycles. The lowest BCUT2D eigenvalue weighted by Crippen LogP contribution is -2.38. The minimum Gasteiger partial charge on any atom is -0.311 e. The van der Waals surface area contributed by atoms with Crippen molar-refractivity contribution in [3.63, 3.8) is 0 Å².